The smallest absolute Gasteiger partial charge is 0.227 e. The molecule has 0 atom stereocenters. The summed E-state index contributed by atoms with van der Waals surface area (Å²) in [4.78, 5) is 20.7. The first-order chi connectivity index (χ1) is 21.2. The molecule has 5 rings (SSSR count). The molecule has 0 saturated carbocycles. The van der Waals surface area contributed by atoms with Crippen LogP contribution in [0.2, 0.25) is 0 Å². The van der Waals surface area contributed by atoms with Gasteiger partial charge in [-0.2, -0.15) is 0 Å². The Bertz CT molecular complexity index is 1400. The van der Waals surface area contributed by atoms with Crippen LogP contribution in [0.15, 0.2) is 52.5 Å². The average molecular weight is 623 g/mol. The fraction of sp³-hybridized carbons (Fsp3) is 0.485. The largest absolute Gasteiger partial charge is 0.368 e. The van der Waals surface area contributed by atoms with E-state index in [4.69, 9.17) is 0 Å². The van der Waals surface area contributed by atoms with Gasteiger partial charge in [0.05, 0.1) is 11.9 Å². The minimum atomic E-state index is -0.633. The van der Waals surface area contributed by atoms with Crippen molar-refractivity contribution in [3.8, 4) is 11.3 Å². The van der Waals surface area contributed by atoms with Gasteiger partial charge < -0.3 is 20.0 Å². The number of aliphatic imine (C=N–C) groups is 1. The van der Waals surface area contributed by atoms with Crippen LogP contribution in [0.5, 0.6) is 0 Å². The minimum absolute atomic E-state index is 0.0141. The molecule has 2 aliphatic heterocycles. The van der Waals surface area contributed by atoms with E-state index in [1.54, 1.807) is 18.0 Å². The predicted molar refractivity (Wildman–Crippen MR) is 179 cm³/mol. The number of nitrogens with one attached hydrogen (secondary N) is 1. The highest BCUT2D eigenvalue weighted by molar-refractivity contribution is 7.97. The summed E-state index contributed by atoms with van der Waals surface area (Å²) < 4.78 is 32.5. The maximum atomic E-state index is 15.1. The molecule has 0 aliphatic carbocycles. The van der Waals surface area contributed by atoms with Crippen molar-refractivity contribution in [1.29, 1.82) is 0 Å². The lowest BCUT2D eigenvalue weighted by molar-refractivity contribution is 0.133. The molecule has 8 nitrogen and oxygen atoms in total. The third kappa shape index (κ3) is 7.93. The molecular formula is C33H44F2N8S. The zero-order valence-corrected chi connectivity index (χ0v) is 27.1. The number of rotatable bonds is 11. The maximum Gasteiger partial charge on any atom is 0.227 e. The van der Waals surface area contributed by atoms with Gasteiger partial charge in [-0.15, -0.1) is 0 Å². The summed E-state index contributed by atoms with van der Waals surface area (Å²) in [5.41, 5.74) is 1.80. The summed E-state index contributed by atoms with van der Waals surface area (Å²) in [7, 11) is 2.22. The zero-order valence-electron chi connectivity index (χ0n) is 26.3. The summed E-state index contributed by atoms with van der Waals surface area (Å²) >= 11 is 1.78. The number of hydrogen-bond donors (Lipinski definition) is 1. The summed E-state index contributed by atoms with van der Waals surface area (Å²) in [6, 6.07) is 11.1. The average Bonchev–Trinajstić information content (AvgIpc) is 3.01. The fourth-order valence-corrected chi connectivity index (χ4v) is 6.93. The Morgan fingerprint density at radius 3 is 2.39 bits per heavy atom. The van der Waals surface area contributed by atoms with Crippen LogP contribution < -0.4 is 10.2 Å². The zero-order chi connectivity index (χ0) is 31.2. The number of halogens is 2. The first-order valence-corrected chi connectivity index (χ1v) is 16.3. The minimum Gasteiger partial charge on any atom is -0.368 e. The number of nitrogens with zero attached hydrogens (tertiary/aromatic N) is 7. The molecule has 2 aromatic carbocycles. The molecule has 236 valence electrons. The second-order valence-corrected chi connectivity index (χ2v) is 13.1. The highest BCUT2D eigenvalue weighted by Crippen LogP contribution is 2.37. The molecule has 11 heteroatoms. The molecule has 0 radical (unpaired) electrons. The van der Waals surface area contributed by atoms with E-state index in [2.05, 4.69) is 60.3 Å². The van der Waals surface area contributed by atoms with Crippen LogP contribution in [0.3, 0.4) is 0 Å². The first-order valence-electron chi connectivity index (χ1n) is 15.5. The van der Waals surface area contributed by atoms with E-state index >= 15 is 4.39 Å². The fourth-order valence-electron chi connectivity index (χ4n) is 6.03. The molecule has 0 spiro atoms. The molecule has 2 fully saturated rings. The van der Waals surface area contributed by atoms with E-state index < -0.39 is 11.6 Å². The molecule has 2 aliphatic rings. The van der Waals surface area contributed by atoms with Gasteiger partial charge in [0.2, 0.25) is 5.95 Å². The van der Waals surface area contributed by atoms with Gasteiger partial charge in [-0.25, -0.2) is 23.1 Å². The molecule has 1 aromatic heterocycles. The van der Waals surface area contributed by atoms with Crippen LogP contribution in [0, 0.1) is 17.6 Å². The number of hydrogen-bond acceptors (Lipinski definition) is 9. The lowest BCUT2D eigenvalue weighted by Gasteiger charge is -2.37. The standard InChI is InChI=1S/C33H44F2N8S/c1-6-43(23(2)3)30-20-25(19-28(34)32(30)36-4)31-29(35)21-37-33(39-31)38-26-7-9-27(10-8-26)44-42-17-15-41(16-18-42)22-24-11-13-40(5)14-12-24/h7-10,19-21,23-24H,4,6,11-18,22H2,1-3,5H3,(H,37,38,39). The molecule has 3 heterocycles. The van der Waals surface area contributed by atoms with Crippen LogP contribution in [0.1, 0.15) is 33.6 Å². The number of likely N-dealkylation sites (tertiary alicyclic amines) is 1. The lowest BCUT2D eigenvalue weighted by Crippen LogP contribution is -2.46. The van der Waals surface area contributed by atoms with Crippen molar-refractivity contribution in [3.63, 3.8) is 0 Å². The first kappa shape index (κ1) is 32.3. The topological polar surface area (TPSA) is 63.1 Å². The van der Waals surface area contributed by atoms with Gasteiger partial charge in [-0.3, -0.25) is 4.99 Å². The van der Waals surface area contributed by atoms with E-state index in [0.29, 0.717) is 17.8 Å². The molecular weight excluding hydrogens is 578 g/mol. The molecule has 1 N–H and O–H groups in total. The van der Waals surface area contributed by atoms with Crippen molar-refractivity contribution in [2.45, 2.75) is 44.6 Å². The Morgan fingerprint density at radius 1 is 1.05 bits per heavy atom. The van der Waals surface area contributed by atoms with Crippen molar-refractivity contribution in [2.75, 3.05) is 69.6 Å². The van der Waals surface area contributed by atoms with Gasteiger partial charge >= 0.3 is 0 Å². The Balaban J connectivity index is 1.21. The van der Waals surface area contributed by atoms with Crippen LogP contribution in [0.4, 0.5) is 31.8 Å². The summed E-state index contributed by atoms with van der Waals surface area (Å²) in [5, 5.41) is 3.17. The monoisotopic (exact) mass is 622 g/mol. The molecule has 3 aromatic rings. The van der Waals surface area contributed by atoms with Gasteiger partial charge in [0.1, 0.15) is 11.4 Å². The van der Waals surface area contributed by atoms with Crippen molar-refractivity contribution < 1.29 is 8.78 Å². The Morgan fingerprint density at radius 2 is 1.75 bits per heavy atom. The number of benzene rings is 2. The van der Waals surface area contributed by atoms with Crippen LogP contribution in [-0.2, 0) is 0 Å². The Labute approximate surface area is 264 Å². The molecule has 0 amide bonds. The Hall–Kier alpha value is -3.12. The SMILES string of the molecule is C=Nc1c(F)cc(-c2nc(Nc3ccc(SN4CCN(CC5CCN(C)CC5)CC4)cc3)ncc2F)cc1N(CC)C(C)C. The van der Waals surface area contributed by atoms with E-state index in [0.717, 1.165) is 48.9 Å². The van der Waals surface area contributed by atoms with E-state index in [1.807, 2.05) is 37.8 Å². The van der Waals surface area contributed by atoms with Crippen LogP contribution in [0.25, 0.3) is 11.3 Å². The molecule has 2 saturated heterocycles. The Kier molecular flexibility index (Phi) is 10.8. The third-order valence-electron chi connectivity index (χ3n) is 8.52. The van der Waals surface area contributed by atoms with Crippen molar-refractivity contribution in [1.82, 2.24) is 24.1 Å². The summed E-state index contributed by atoms with van der Waals surface area (Å²) in [6.07, 6.45) is 3.73. The molecule has 0 bridgehead atoms. The van der Waals surface area contributed by atoms with Crippen LogP contribution >= 0.6 is 11.9 Å². The predicted octanol–water partition coefficient (Wildman–Crippen LogP) is 6.70. The quantitative estimate of drug-likeness (QED) is 0.187. The summed E-state index contributed by atoms with van der Waals surface area (Å²) in [5.74, 6) is -0.153. The van der Waals surface area contributed by atoms with Crippen molar-refractivity contribution >= 4 is 41.7 Å². The van der Waals surface area contributed by atoms with Crippen LogP contribution in [-0.4, -0.2) is 96.2 Å². The number of anilines is 3. The van der Waals surface area contributed by atoms with Gasteiger partial charge in [-0.05, 0) is 115 Å². The van der Waals surface area contributed by atoms with Gasteiger partial charge in [0, 0.05) is 61.5 Å². The highest BCUT2D eigenvalue weighted by atomic mass is 32.2. The number of piperidine rings is 1. The van der Waals surface area contributed by atoms with Crippen molar-refractivity contribution in [3.05, 3.63) is 54.2 Å². The van der Waals surface area contributed by atoms with E-state index in [1.165, 1.54) is 38.5 Å². The van der Waals surface area contributed by atoms with Gasteiger partial charge in [-0.1, -0.05) is 0 Å². The molecule has 44 heavy (non-hydrogen) atoms. The van der Waals surface area contributed by atoms with Gasteiger partial charge in [0.15, 0.2) is 11.6 Å². The highest BCUT2D eigenvalue weighted by Gasteiger charge is 2.24. The third-order valence-corrected chi connectivity index (χ3v) is 9.63. The van der Waals surface area contributed by atoms with E-state index in [9.17, 15) is 4.39 Å². The van der Waals surface area contributed by atoms with Crippen molar-refractivity contribution in [2.24, 2.45) is 10.9 Å². The number of piperazine rings is 1. The van der Waals surface area contributed by atoms with E-state index in [-0.39, 0.29) is 23.4 Å². The number of aromatic nitrogens is 2. The lowest BCUT2D eigenvalue weighted by atomic mass is 9.96. The maximum absolute atomic E-state index is 15.1. The second kappa shape index (κ2) is 14.8. The van der Waals surface area contributed by atoms with Gasteiger partial charge in [0.25, 0.3) is 0 Å². The molecule has 0 unspecified atom stereocenters. The second-order valence-electron chi connectivity index (χ2n) is 12.0. The summed E-state index contributed by atoms with van der Waals surface area (Å²) in [6.45, 7) is 18.1. The normalized spacial score (nSPS) is 17.2.